The van der Waals surface area contributed by atoms with Crippen LogP contribution in [0.5, 0.6) is 0 Å². The van der Waals surface area contributed by atoms with E-state index in [0.29, 0.717) is 19.4 Å². The van der Waals surface area contributed by atoms with E-state index in [1.54, 1.807) is 0 Å². The first-order chi connectivity index (χ1) is 10.7. The molecular weight excluding hydrogens is 278 g/mol. The van der Waals surface area contributed by atoms with Crippen molar-refractivity contribution in [1.82, 2.24) is 5.32 Å². The lowest BCUT2D eigenvalue weighted by molar-refractivity contribution is -0.140. The van der Waals surface area contributed by atoms with E-state index in [9.17, 15) is 9.59 Å². The highest BCUT2D eigenvalue weighted by Crippen LogP contribution is 2.06. The van der Waals surface area contributed by atoms with Crippen molar-refractivity contribution in [2.24, 2.45) is 0 Å². The number of hydrogen-bond acceptors (Lipinski definition) is 3. The average Bonchev–Trinajstić information content (AvgIpc) is 2.55. The van der Waals surface area contributed by atoms with Gasteiger partial charge in [0, 0.05) is 19.4 Å². The number of hydrogen-bond donors (Lipinski definition) is 1. The molecule has 0 aliphatic heterocycles. The van der Waals surface area contributed by atoms with Crippen molar-refractivity contribution < 1.29 is 14.3 Å². The van der Waals surface area contributed by atoms with Crippen LogP contribution in [-0.4, -0.2) is 25.5 Å². The smallest absolute Gasteiger partial charge is 0.305 e. The fourth-order valence-electron chi connectivity index (χ4n) is 2.03. The van der Waals surface area contributed by atoms with Gasteiger partial charge in [0.1, 0.15) is 0 Å². The van der Waals surface area contributed by atoms with Gasteiger partial charge in [-0.15, -0.1) is 0 Å². The molecular formula is C18H25NO3. The maximum atomic E-state index is 11.6. The fraction of sp³-hybridized carbons (Fsp3) is 0.444. The highest BCUT2D eigenvalue weighted by molar-refractivity contribution is 5.76. The van der Waals surface area contributed by atoms with Gasteiger partial charge in [-0.3, -0.25) is 9.59 Å². The van der Waals surface area contributed by atoms with Crippen LogP contribution in [0.2, 0.25) is 0 Å². The Morgan fingerprint density at radius 2 is 1.73 bits per heavy atom. The van der Waals surface area contributed by atoms with E-state index < -0.39 is 0 Å². The number of unbranched alkanes of at least 4 members (excludes halogenated alkanes) is 3. The van der Waals surface area contributed by atoms with E-state index in [1.807, 2.05) is 42.5 Å². The van der Waals surface area contributed by atoms with Gasteiger partial charge in [0.05, 0.1) is 7.11 Å². The van der Waals surface area contributed by atoms with Gasteiger partial charge in [-0.1, -0.05) is 55.3 Å². The van der Waals surface area contributed by atoms with E-state index in [0.717, 1.165) is 31.2 Å². The van der Waals surface area contributed by atoms with Crippen molar-refractivity contribution in [2.75, 3.05) is 13.7 Å². The molecule has 0 aliphatic rings. The van der Waals surface area contributed by atoms with Gasteiger partial charge in [-0.05, 0) is 18.4 Å². The number of benzene rings is 1. The standard InChI is InChI=1S/C18H25NO3/c1-22-18(21)14-8-3-2-7-13-17(20)19-15-9-12-16-10-5-4-6-11-16/h4-6,9-12H,2-3,7-8,13-15H2,1H3,(H,19,20)/b12-9+. The quantitative estimate of drug-likeness (QED) is 0.533. The van der Waals surface area contributed by atoms with Crippen LogP contribution in [0.25, 0.3) is 6.08 Å². The monoisotopic (exact) mass is 303 g/mol. The van der Waals surface area contributed by atoms with Gasteiger partial charge >= 0.3 is 5.97 Å². The molecule has 1 aromatic rings. The van der Waals surface area contributed by atoms with Crippen molar-refractivity contribution in [3.63, 3.8) is 0 Å². The summed E-state index contributed by atoms with van der Waals surface area (Å²) >= 11 is 0. The molecule has 1 amide bonds. The van der Waals surface area contributed by atoms with Gasteiger partial charge in [0.15, 0.2) is 0 Å². The average molecular weight is 303 g/mol. The number of ether oxygens (including phenoxy) is 1. The molecule has 0 spiro atoms. The van der Waals surface area contributed by atoms with Gasteiger partial charge < -0.3 is 10.1 Å². The summed E-state index contributed by atoms with van der Waals surface area (Å²) < 4.78 is 4.57. The number of amides is 1. The number of methoxy groups -OCH3 is 1. The first kappa shape index (κ1) is 18.0. The fourth-order valence-corrected chi connectivity index (χ4v) is 2.03. The highest BCUT2D eigenvalue weighted by Gasteiger charge is 2.01. The number of rotatable bonds is 10. The maximum Gasteiger partial charge on any atom is 0.305 e. The number of carbonyl (C=O) groups excluding carboxylic acids is 2. The molecule has 0 aromatic heterocycles. The molecule has 120 valence electrons. The molecule has 0 bridgehead atoms. The van der Waals surface area contributed by atoms with Crippen LogP contribution >= 0.6 is 0 Å². The van der Waals surface area contributed by atoms with Crippen LogP contribution in [0.4, 0.5) is 0 Å². The molecule has 0 fully saturated rings. The topological polar surface area (TPSA) is 55.4 Å². The Morgan fingerprint density at radius 3 is 2.41 bits per heavy atom. The molecule has 0 radical (unpaired) electrons. The van der Waals surface area contributed by atoms with Crippen LogP contribution in [0.1, 0.15) is 44.1 Å². The Kier molecular flexibility index (Phi) is 9.42. The van der Waals surface area contributed by atoms with Crippen molar-refractivity contribution in [3.05, 3.63) is 42.0 Å². The third-order valence-electron chi connectivity index (χ3n) is 3.29. The minimum Gasteiger partial charge on any atom is -0.469 e. The van der Waals surface area contributed by atoms with Crippen LogP contribution in [0.15, 0.2) is 36.4 Å². The summed E-state index contributed by atoms with van der Waals surface area (Å²) in [5.41, 5.74) is 1.13. The molecule has 0 heterocycles. The molecule has 22 heavy (non-hydrogen) atoms. The Labute approximate surface area is 132 Å². The molecule has 1 aromatic carbocycles. The van der Waals surface area contributed by atoms with Crippen molar-refractivity contribution in [1.29, 1.82) is 0 Å². The van der Waals surface area contributed by atoms with E-state index >= 15 is 0 Å². The normalized spacial score (nSPS) is 10.6. The van der Waals surface area contributed by atoms with Gasteiger partial charge in [-0.25, -0.2) is 0 Å². The Balaban J connectivity index is 2.00. The summed E-state index contributed by atoms with van der Waals surface area (Å²) in [6.07, 6.45) is 8.55. The minimum absolute atomic E-state index is 0.0747. The zero-order chi connectivity index (χ0) is 16.0. The van der Waals surface area contributed by atoms with Crippen LogP contribution in [0.3, 0.4) is 0 Å². The molecule has 4 heteroatoms. The summed E-state index contributed by atoms with van der Waals surface area (Å²) in [7, 11) is 1.40. The van der Waals surface area contributed by atoms with E-state index in [2.05, 4.69) is 10.1 Å². The van der Waals surface area contributed by atoms with Crippen LogP contribution < -0.4 is 5.32 Å². The SMILES string of the molecule is COC(=O)CCCCCCC(=O)NC/C=C/c1ccccc1. The van der Waals surface area contributed by atoms with Gasteiger partial charge in [0.2, 0.25) is 5.91 Å². The number of carbonyl (C=O) groups is 2. The van der Waals surface area contributed by atoms with Crippen molar-refractivity contribution in [2.45, 2.75) is 38.5 Å². The lowest BCUT2D eigenvalue weighted by Gasteiger charge is -2.03. The molecule has 1 N–H and O–H groups in total. The van der Waals surface area contributed by atoms with E-state index in [-0.39, 0.29) is 11.9 Å². The highest BCUT2D eigenvalue weighted by atomic mass is 16.5. The second-order valence-corrected chi connectivity index (χ2v) is 5.11. The second-order valence-electron chi connectivity index (χ2n) is 5.11. The summed E-state index contributed by atoms with van der Waals surface area (Å²) in [5.74, 6) is -0.0892. The van der Waals surface area contributed by atoms with Crippen LogP contribution in [0, 0.1) is 0 Å². The summed E-state index contributed by atoms with van der Waals surface area (Å²) in [4.78, 5) is 22.5. The second kappa shape index (κ2) is 11.5. The molecule has 4 nitrogen and oxygen atoms in total. The van der Waals surface area contributed by atoms with Gasteiger partial charge in [0.25, 0.3) is 0 Å². The van der Waals surface area contributed by atoms with Crippen molar-refractivity contribution >= 4 is 18.0 Å². The zero-order valence-electron chi connectivity index (χ0n) is 13.2. The lowest BCUT2D eigenvalue weighted by atomic mass is 10.1. The molecule has 1 rings (SSSR count). The van der Waals surface area contributed by atoms with Crippen LogP contribution in [-0.2, 0) is 14.3 Å². The number of esters is 1. The predicted molar refractivity (Wildman–Crippen MR) is 88.2 cm³/mol. The molecule has 0 atom stereocenters. The third kappa shape index (κ3) is 8.95. The molecule has 0 aliphatic carbocycles. The number of nitrogens with one attached hydrogen (secondary N) is 1. The Hall–Kier alpha value is -2.10. The first-order valence-electron chi connectivity index (χ1n) is 7.77. The summed E-state index contributed by atoms with van der Waals surface area (Å²) in [5, 5.41) is 2.87. The Bertz CT molecular complexity index is 468. The Morgan fingerprint density at radius 1 is 1.05 bits per heavy atom. The summed E-state index contributed by atoms with van der Waals surface area (Å²) in [6, 6.07) is 9.99. The van der Waals surface area contributed by atoms with E-state index in [1.165, 1.54) is 7.11 Å². The zero-order valence-corrected chi connectivity index (χ0v) is 13.2. The molecule has 0 saturated heterocycles. The predicted octanol–water partition coefficient (Wildman–Crippen LogP) is 3.33. The largest absolute Gasteiger partial charge is 0.469 e. The molecule has 0 unspecified atom stereocenters. The molecule has 0 saturated carbocycles. The first-order valence-corrected chi connectivity index (χ1v) is 7.77. The van der Waals surface area contributed by atoms with E-state index in [4.69, 9.17) is 0 Å². The van der Waals surface area contributed by atoms with Crippen molar-refractivity contribution in [3.8, 4) is 0 Å². The maximum absolute atomic E-state index is 11.6. The summed E-state index contributed by atoms with van der Waals surface area (Å²) in [6.45, 7) is 0.552. The third-order valence-corrected chi connectivity index (χ3v) is 3.29. The van der Waals surface area contributed by atoms with Gasteiger partial charge in [-0.2, -0.15) is 0 Å². The minimum atomic E-state index is -0.164. The lowest BCUT2D eigenvalue weighted by Crippen LogP contribution is -2.22.